The third kappa shape index (κ3) is 5.52. The Morgan fingerprint density at radius 2 is 2.10 bits per heavy atom. The van der Waals surface area contributed by atoms with Crippen LogP contribution >= 0.6 is 23.1 Å². The summed E-state index contributed by atoms with van der Waals surface area (Å²) < 4.78 is 0. The number of anilines is 1. The van der Waals surface area contributed by atoms with E-state index in [1.807, 2.05) is 23.6 Å². The molecule has 0 fully saturated rings. The molecule has 112 valence electrons. The molecular weight excluding hydrogens is 300 g/mol. The maximum Gasteiger partial charge on any atom is 0.226 e. The van der Waals surface area contributed by atoms with Gasteiger partial charge >= 0.3 is 0 Å². The smallest absolute Gasteiger partial charge is 0.226 e. The van der Waals surface area contributed by atoms with Gasteiger partial charge in [-0.2, -0.15) is 0 Å². The van der Waals surface area contributed by atoms with Gasteiger partial charge in [0.2, 0.25) is 5.91 Å². The first kappa shape index (κ1) is 16.0. The van der Waals surface area contributed by atoms with Crippen LogP contribution in [0.25, 0.3) is 0 Å². The number of amides is 1. The van der Waals surface area contributed by atoms with Gasteiger partial charge in [-0.3, -0.25) is 4.79 Å². The van der Waals surface area contributed by atoms with Crippen molar-refractivity contribution in [3.05, 3.63) is 41.4 Å². The van der Waals surface area contributed by atoms with Gasteiger partial charge in [0, 0.05) is 16.7 Å². The summed E-state index contributed by atoms with van der Waals surface area (Å²) in [4.78, 5) is 17.5. The van der Waals surface area contributed by atoms with Crippen LogP contribution in [0.2, 0.25) is 0 Å². The Morgan fingerprint density at radius 3 is 2.76 bits per heavy atom. The van der Waals surface area contributed by atoms with Crippen LogP contribution in [0.5, 0.6) is 0 Å². The van der Waals surface area contributed by atoms with Crippen molar-refractivity contribution in [3.8, 4) is 0 Å². The second-order valence-corrected chi connectivity index (χ2v) is 7.07. The minimum absolute atomic E-state index is 0.0494. The number of nitrogens with zero attached hydrogens (tertiary/aromatic N) is 1. The third-order valence-corrected chi connectivity index (χ3v) is 4.79. The third-order valence-electron chi connectivity index (χ3n) is 2.92. The van der Waals surface area contributed by atoms with Crippen LogP contribution in [0.3, 0.4) is 0 Å². The monoisotopic (exact) mass is 320 g/mol. The average Bonchev–Trinajstić information content (AvgIpc) is 2.93. The maximum atomic E-state index is 11.8. The average molecular weight is 320 g/mol. The van der Waals surface area contributed by atoms with Gasteiger partial charge in [0.25, 0.3) is 0 Å². The molecule has 1 N–H and O–H groups in total. The number of carbonyl (C=O) groups excluding carboxylic acids is 1. The molecule has 0 bridgehead atoms. The Labute approximate surface area is 134 Å². The molecule has 0 spiro atoms. The van der Waals surface area contributed by atoms with Crippen molar-refractivity contribution in [3.63, 3.8) is 0 Å². The molecule has 3 nitrogen and oxygen atoms in total. The number of thioether (sulfide) groups is 1. The second kappa shape index (κ2) is 8.20. The van der Waals surface area contributed by atoms with Gasteiger partial charge in [-0.05, 0) is 30.2 Å². The van der Waals surface area contributed by atoms with Crippen molar-refractivity contribution in [2.24, 2.45) is 0 Å². The molecule has 0 radical (unpaired) electrons. The fourth-order valence-electron chi connectivity index (χ4n) is 1.73. The molecule has 2 rings (SSSR count). The summed E-state index contributed by atoms with van der Waals surface area (Å²) in [5.41, 5.74) is 1.04. The molecule has 0 saturated carbocycles. The Bertz CT molecular complexity index is 567. The molecule has 1 aromatic carbocycles. The number of carbonyl (C=O) groups is 1. The van der Waals surface area contributed by atoms with Gasteiger partial charge < -0.3 is 5.32 Å². The van der Waals surface area contributed by atoms with E-state index in [4.69, 9.17) is 0 Å². The molecular formula is C16H20N2OS2. The number of benzene rings is 1. The highest BCUT2D eigenvalue weighted by atomic mass is 32.2. The van der Waals surface area contributed by atoms with E-state index in [9.17, 15) is 4.79 Å². The summed E-state index contributed by atoms with van der Waals surface area (Å²) in [6.07, 6.45) is 1.41. The van der Waals surface area contributed by atoms with E-state index in [-0.39, 0.29) is 5.91 Å². The summed E-state index contributed by atoms with van der Waals surface area (Å²) in [6.45, 7) is 4.20. The molecule has 0 aliphatic rings. The summed E-state index contributed by atoms with van der Waals surface area (Å²) >= 11 is 3.28. The molecule has 1 heterocycles. The zero-order valence-corrected chi connectivity index (χ0v) is 14.0. The summed E-state index contributed by atoms with van der Waals surface area (Å²) in [5, 5.41) is 5.59. The zero-order valence-electron chi connectivity index (χ0n) is 12.3. The van der Waals surface area contributed by atoms with E-state index in [0.29, 0.717) is 17.5 Å². The van der Waals surface area contributed by atoms with Crippen LogP contribution < -0.4 is 5.32 Å². The van der Waals surface area contributed by atoms with E-state index in [0.717, 1.165) is 17.9 Å². The van der Waals surface area contributed by atoms with E-state index in [2.05, 4.69) is 36.3 Å². The highest BCUT2D eigenvalue weighted by Crippen LogP contribution is 2.22. The quantitative estimate of drug-likeness (QED) is 0.590. The standard InChI is InChI=1S/C16H20N2OS2/c1-12(2)14-11-21-16(17-14)18-15(19)9-6-10-20-13-7-4-3-5-8-13/h3-5,7-8,11-12H,6,9-10H2,1-2H3,(H,17,18,19). The molecule has 1 amide bonds. The number of nitrogens with one attached hydrogen (secondary N) is 1. The number of thiazole rings is 1. The molecule has 21 heavy (non-hydrogen) atoms. The topological polar surface area (TPSA) is 42.0 Å². The molecule has 0 aliphatic heterocycles. The van der Waals surface area contributed by atoms with Crippen LogP contribution in [0.15, 0.2) is 40.6 Å². The van der Waals surface area contributed by atoms with Crippen molar-refractivity contribution in [1.29, 1.82) is 0 Å². The first-order valence-corrected chi connectivity index (χ1v) is 8.95. The minimum atomic E-state index is 0.0494. The van der Waals surface area contributed by atoms with Gasteiger partial charge in [-0.1, -0.05) is 32.0 Å². The Kier molecular flexibility index (Phi) is 6.26. The summed E-state index contributed by atoms with van der Waals surface area (Å²) in [7, 11) is 0. The van der Waals surface area contributed by atoms with E-state index >= 15 is 0 Å². The predicted molar refractivity (Wildman–Crippen MR) is 91.2 cm³/mol. The zero-order chi connectivity index (χ0) is 15.1. The van der Waals surface area contributed by atoms with Gasteiger partial charge in [-0.25, -0.2) is 4.98 Å². The van der Waals surface area contributed by atoms with Crippen molar-refractivity contribution in [1.82, 2.24) is 4.98 Å². The minimum Gasteiger partial charge on any atom is -0.302 e. The number of aromatic nitrogens is 1. The molecule has 2 aromatic rings. The normalized spacial score (nSPS) is 10.8. The highest BCUT2D eigenvalue weighted by Gasteiger charge is 2.08. The Morgan fingerprint density at radius 1 is 1.33 bits per heavy atom. The van der Waals surface area contributed by atoms with Crippen molar-refractivity contribution >= 4 is 34.1 Å². The first-order chi connectivity index (χ1) is 10.1. The van der Waals surface area contributed by atoms with Gasteiger partial charge in [0.15, 0.2) is 5.13 Å². The van der Waals surface area contributed by atoms with Crippen molar-refractivity contribution in [2.75, 3.05) is 11.1 Å². The molecule has 0 unspecified atom stereocenters. The molecule has 0 atom stereocenters. The Balaban J connectivity index is 1.67. The van der Waals surface area contributed by atoms with Crippen LogP contribution in [-0.2, 0) is 4.79 Å². The highest BCUT2D eigenvalue weighted by molar-refractivity contribution is 7.99. The lowest BCUT2D eigenvalue weighted by atomic mass is 10.2. The van der Waals surface area contributed by atoms with Gasteiger partial charge in [-0.15, -0.1) is 23.1 Å². The largest absolute Gasteiger partial charge is 0.302 e. The lowest BCUT2D eigenvalue weighted by Crippen LogP contribution is -2.11. The maximum absolute atomic E-state index is 11.8. The first-order valence-electron chi connectivity index (χ1n) is 7.08. The fourth-order valence-corrected chi connectivity index (χ4v) is 3.49. The van der Waals surface area contributed by atoms with Crippen LogP contribution in [0.4, 0.5) is 5.13 Å². The van der Waals surface area contributed by atoms with Crippen LogP contribution in [0, 0.1) is 0 Å². The molecule has 1 aromatic heterocycles. The summed E-state index contributed by atoms with van der Waals surface area (Å²) in [5.74, 6) is 1.40. The molecule has 5 heteroatoms. The predicted octanol–water partition coefficient (Wildman–Crippen LogP) is 4.78. The number of hydrogen-bond donors (Lipinski definition) is 1. The fraction of sp³-hybridized carbons (Fsp3) is 0.375. The SMILES string of the molecule is CC(C)c1csc(NC(=O)CCCSc2ccccc2)n1. The van der Waals surface area contributed by atoms with Gasteiger partial charge in [0.1, 0.15) is 0 Å². The Hall–Kier alpha value is -1.33. The van der Waals surface area contributed by atoms with E-state index in [1.165, 1.54) is 16.2 Å². The van der Waals surface area contributed by atoms with Gasteiger partial charge in [0.05, 0.1) is 5.69 Å². The lowest BCUT2D eigenvalue weighted by molar-refractivity contribution is -0.116. The second-order valence-electron chi connectivity index (χ2n) is 5.05. The van der Waals surface area contributed by atoms with E-state index < -0.39 is 0 Å². The molecule has 0 aliphatic carbocycles. The van der Waals surface area contributed by atoms with E-state index in [1.54, 1.807) is 11.8 Å². The van der Waals surface area contributed by atoms with Crippen molar-refractivity contribution < 1.29 is 4.79 Å². The van der Waals surface area contributed by atoms with Crippen LogP contribution in [0.1, 0.15) is 38.3 Å². The molecule has 0 saturated heterocycles. The van der Waals surface area contributed by atoms with Crippen molar-refractivity contribution in [2.45, 2.75) is 37.5 Å². The number of rotatable bonds is 7. The number of hydrogen-bond acceptors (Lipinski definition) is 4. The van der Waals surface area contributed by atoms with Crippen LogP contribution in [-0.4, -0.2) is 16.6 Å². The summed E-state index contributed by atoms with van der Waals surface area (Å²) in [6, 6.07) is 10.3. The lowest BCUT2D eigenvalue weighted by Gasteiger charge is -2.03.